The van der Waals surface area contributed by atoms with Crippen molar-refractivity contribution in [3.8, 4) is 6.07 Å². The minimum atomic E-state index is -0.246. The van der Waals surface area contributed by atoms with Crippen LogP contribution in [0, 0.1) is 18.3 Å². The molecule has 0 unspecified atom stereocenters. The van der Waals surface area contributed by atoms with Crippen LogP contribution in [-0.4, -0.2) is 14.6 Å². The van der Waals surface area contributed by atoms with Crippen molar-refractivity contribution >= 4 is 29.0 Å². The largest absolute Gasteiger partial charge is 0.295 e. The predicted molar refractivity (Wildman–Crippen MR) is 80.8 cm³/mol. The maximum Gasteiger partial charge on any atom is 0.287 e. The lowest BCUT2D eigenvalue weighted by atomic mass is 10.3. The first-order chi connectivity index (χ1) is 10.1. The van der Waals surface area contributed by atoms with Gasteiger partial charge in [0, 0.05) is 11.1 Å². The van der Waals surface area contributed by atoms with Gasteiger partial charge >= 0.3 is 0 Å². The molecule has 0 amide bonds. The number of halogens is 1. The Morgan fingerprint density at radius 3 is 2.90 bits per heavy atom. The number of aryl methyl sites for hydroxylation is 1. The van der Waals surface area contributed by atoms with Crippen LogP contribution in [0.5, 0.6) is 0 Å². The van der Waals surface area contributed by atoms with Crippen molar-refractivity contribution in [1.82, 2.24) is 14.6 Å². The van der Waals surface area contributed by atoms with Crippen LogP contribution in [0.2, 0.25) is 5.02 Å². The topological polar surface area (TPSA) is 73.9 Å². The molecule has 0 fully saturated rings. The van der Waals surface area contributed by atoms with E-state index in [4.69, 9.17) is 16.9 Å². The molecule has 0 aliphatic carbocycles. The lowest BCUT2D eigenvalue weighted by molar-refractivity contribution is 0.850. The molecule has 0 aliphatic rings. The third-order valence-corrected chi connectivity index (χ3v) is 4.65. The molecule has 7 heteroatoms. The third kappa shape index (κ3) is 2.31. The Morgan fingerprint density at radius 1 is 1.43 bits per heavy atom. The van der Waals surface area contributed by atoms with Gasteiger partial charge in [0.2, 0.25) is 0 Å². The van der Waals surface area contributed by atoms with Gasteiger partial charge in [-0.2, -0.15) is 9.78 Å². The molecule has 0 saturated heterocycles. The molecule has 1 aromatic carbocycles. The van der Waals surface area contributed by atoms with Gasteiger partial charge in [-0.15, -0.1) is 0 Å². The first-order valence-corrected chi connectivity index (χ1v) is 7.24. The van der Waals surface area contributed by atoms with Crippen molar-refractivity contribution < 1.29 is 0 Å². The highest BCUT2D eigenvalue weighted by molar-refractivity contribution is 7.99. The molecule has 5 nitrogen and oxygen atoms in total. The van der Waals surface area contributed by atoms with Gasteiger partial charge in [-0.25, -0.2) is 4.98 Å². The second-order valence-electron chi connectivity index (χ2n) is 4.32. The number of aromatic amines is 1. The summed E-state index contributed by atoms with van der Waals surface area (Å²) in [6, 6.07) is 9.30. The molecule has 0 saturated carbocycles. The third-order valence-electron chi connectivity index (χ3n) is 2.96. The number of benzene rings is 1. The quantitative estimate of drug-likeness (QED) is 0.788. The smallest absolute Gasteiger partial charge is 0.287 e. The molecule has 0 bridgehead atoms. The van der Waals surface area contributed by atoms with Crippen LogP contribution in [0.3, 0.4) is 0 Å². The molecule has 0 atom stereocenters. The van der Waals surface area contributed by atoms with Gasteiger partial charge < -0.3 is 0 Å². The SMILES string of the molecule is Cc1nc2c(C#N)c[nH]n2c(=O)c1Sc1ccccc1Cl. The molecule has 21 heavy (non-hydrogen) atoms. The van der Waals surface area contributed by atoms with Gasteiger partial charge in [-0.3, -0.25) is 9.89 Å². The van der Waals surface area contributed by atoms with Crippen molar-refractivity contribution in [2.75, 3.05) is 0 Å². The van der Waals surface area contributed by atoms with E-state index >= 15 is 0 Å². The molecule has 3 rings (SSSR count). The van der Waals surface area contributed by atoms with Crippen LogP contribution >= 0.6 is 23.4 Å². The molecular weight excluding hydrogens is 308 g/mol. The van der Waals surface area contributed by atoms with E-state index in [0.717, 1.165) is 4.90 Å². The fourth-order valence-corrected chi connectivity index (χ4v) is 3.10. The molecule has 0 radical (unpaired) electrons. The standard InChI is InChI=1S/C14H9ClN4OS/c1-8-12(21-11-5-3-2-4-10(11)15)14(20)19-13(18-8)9(6-16)7-17-19/h2-5,7,17H,1H3. The number of aromatic nitrogens is 3. The Morgan fingerprint density at radius 2 is 2.19 bits per heavy atom. The van der Waals surface area contributed by atoms with E-state index in [2.05, 4.69) is 10.1 Å². The van der Waals surface area contributed by atoms with E-state index < -0.39 is 0 Å². The first-order valence-electron chi connectivity index (χ1n) is 6.05. The number of nitriles is 1. The fourth-order valence-electron chi connectivity index (χ4n) is 1.94. The molecule has 3 aromatic rings. The van der Waals surface area contributed by atoms with Crippen molar-refractivity contribution in [2.24, 2.45) is 0 Å². The van der Waals surface area contributed by atoms with Gasteiger partial charge in [0.15, 0.2) is 5.65 Å². The van der Waals surface area contributed by atoms with Crippen molar-refractivity contribution in [2.45, 2.75) is 16.7 Å². The number of nitrogens with zero attached hydrogens (tertiary/aromatic N) is 3. The van der Waals surface area contributed by atoms with Gasteiger partial charge in [-0.05, 0) is 19.1 Å². The average molecular weight is 317 g/mol. The minimum Gasteiger partial charge on any atom is -0.295 e. The number of H-pyrrole nitrogens is 1. The number of hydrogen-bond acceptors (Lipinski definition) is 4. The molecule has 104 valence electrons. The zero-order valence-electron chi connectivity index (χ0n) is 10.9. The van der Waals surface area contributed by atoms with E-state index in [-0.39, 0.29) is 5.56 Å². The Balaban J connectivity index is 2.18. The van der Waals surface area contributed by atoms with Crippen LogP contribution < -0.4 is 5.56 Å². The van der Waals surface area contributed by atoms with E-state index in [0.29, 0.717) is 26.8 Å². The molecular formula is C14H9ClN4OS. The molecule has 0 aliphatic heterocycles. The number of fused-ring (bicyclic) bond motifs is 1. The van der Waals surface area contributed by atoms with Gasteiger partial charge in [0.25, 0.3) is 5.56 Å². The number of nitrogens with one attached hydrogen (secondary N) is 1. The second kappa shape index (κ2) is 5.28. The van der Waals surface area contributed by atoms with Crippen LogP contribution in [0.1, 0.15) is 11.3 Å². The number of hydrogen-bond donors (Lipinski definition) is 1. The zero-order chi connectivity index (χ0) is 15.0. The molecule has 2 aromatic heterocycles. The Bertz CT molecular complexity index is 938. The van der Waals surface area contributed by atoms with Crippen molar-refractivity contribution in [1.29, 1.82) is 5.26 Å². The highest BCUT2D eigenvalue weighted by Gasteiger charge is 2.15. The van der Waals surface area contributed by atoms with Crippen LogP contribution in [-0.2, 0) is 0 Å². The minimum absolute atomic E-state index is 0.246. The molecule has 0 spiro atoms. The van der Waals surface area contributed by atoms with E-state index in [1.54, 1.807) is 13.0 Å². The van der Waals surface area contributed by atoms with Gasteiger partial charge in [0.05, 0.1) is 10.7 Å². The highest BCUT2D eigenvalue weighted by atomic mass is 35.5. The number of rotatable bonds is 2. The van der Waals surface area contributed by atoms with Crippen LogP contribution in [0.25, 0.3) is 5.65 Å². The summed E-state index contributed by atoms with van der Waals surface area (Å²) in [6.45, 7) is 1.74. The van der Waals surface area contributed by atoms with E-state index in [1.165, 1.54) is 22.5 Å². The van der Waals surface area contributed by atoms with Crippen LogP contribution in [0.4, 0.5) is 0 Å². The first kappa shape index (κ1) is 13.7. The Hall–Kier alpha value is -2.23. The zero-order valence-corrected chi connectivity index (χ0v) is 12.5. The van der Waals surface area contributed by atoms with Crippen LogP contribution in [0.15, 0.2) is 45.0 Å². The van der Waals surface area contributed by atoms with E-state index in [1.807, 2.05) is 24.3 Å². The Labute approximate surface area is 129 Å². The second-order valence-corrected chi connectivity index (χ2v) is 5.78. The monoisotopic (exact) mass is 316 g/mol. The maximum atomic E-state index is 12.5. The summed E-state index contributed by atoms with van der Waals surface area (Å²) in [7, 11) is 0. The van der Waals surface area contributed by atoms with Crippen molar-refractivity contribution in [3.05, 3.63) is 57.1 Å². The fraction of sp³-hybridized carbons (Fsp3) is 0.0714. The van der Waals surface area contributed by atoms with Gasteiger partial charge in [0.1, 0.15) is 16.5 Å². The van der Waals surface area contributed by atoms with Crippen molar-refractivity contribution in [3.63, 3.8) is 0 Å². The summed E-state index contributed by atoms with van der Waals surface area (Å²) in [5.41, 5.74) is 0.998. The Kier molecular flexibility index (Phi) is 3.45. The average Bonchev–Trinajstić information content (AvgIpc) is 2.88. The molecule has 2 heterocycles. The predicted octanol–water partition coefficient (Wildman–Crippen LogP) is 3.01. The highest BCUT2D eigenvalue weighted by Crippen LogP contribution is 2.32. The lowest BCUT2D eigenvalue weighted by Crippen LogP contribution is -2.18. The van der Waals surface area contributed by atoms with E-state index in [9.17, 15) is 4.79 Å². The maximum absolute atomic E-state index is 12.5. The summed E-state index contributed by atoms with van der Waals surface area (Å²) < 4.78 is 1.27. The summed E-state index contributed by atoms with van der Waals surface area (Å²) >= 11 is 7.39. The normalized spacial score (nSPS) is 10.7. The molecule has 1 N–H and O–H groups in total. The summed E-state index contributed by atoms with van der Waals surface area (Å²) in [6.07, 6.45) is 1.47. The summed E-state index contributed by atoms with van der Waals surface area (Å²) in [5, 5.41) is 12.3. The summed E-state index contributed by atoms with van der Waals surface area (Å²) in [5.74, 6) is 0. The lowest BCUT2D eigenvalue weighted by Gasteiger charge is -2.06. The van der Waals surface area contributed by atoms with Gasteiger partial charge in [-0.1, -0.05) is 35.5 Å². The summed E-state index contributed by atoms with van der Waals surface area (Å²) in [4.78, 5) is 18.1.